The predicted molar refractivity (Wildman–Crippen MR) is 121 cm³/mol. The number of hydrogen-bond donors (Lipinski definition) is 3. The highest BCUT2D eigenvalue weighted by atomic mass is 127. The SMILES string of the molecule is CCNC(=NCCCCOCC)NCCNS(=O)(=O)c1ccc(C)cc1.I. The maximum atomic E-state index is 12.2. The number of aryl methyl sites for hydroxylation is 1. The first-order valence-electron chi connectivity index (χ1n) is 9.16. The van der Waals surface area contributed by atoms with E-state index in [0.29, 0.717) is 19.0 Å². The van der Waals surface area contributed by atoms with Crippen LogP contribution in [0.3, 0.4) is 0 Å². The van der Waals surface area contributed by atoms with Gasteiger partial charge in [-0.1, -0.05) is 17.7 Å². The molecule has 0 aliphatic carbocycles. The van der Waals surface area contributed by atoms with Crippen LogP contribution in [0.25, 0.3) is 0 Å². The zero-order valence-electron chi connectivity index (χ0n) is 16.5. The lowest BCUT2D eigenvalue weighted by Gasteiger charge is -2.12. The molecule has 0 aromatic heterocycles. The summed E-state index contributed by atoms with van der Waals surface area (Å²) in [5.74, 6) is 0.693. The Bertz CT molecular complexity index is 637. The number of rotatable bonds is 12. The third kappa shape index (κ3) is 11.5. The van der Waals surface area contributed by atoms with E-state index in [4.69, 9.17) is 4.74 Å². The number of nitrogens with one attached hydrogen (secondary N) is 3. The van der Waals surface area contributed by atoms with E-state index < -0.39 is 10.0 Å². The Balaban J connectivity index is 0.00000676. The van der Waals surface area contributed by atoms with Crippen molar-refractivity contribution in [2.24, 2.45) is 4.99 Å². The first-order chi connectivity index (χ1) is 12.5. The smallest absolute Gasteiger partial charge is 0.240 e. The molecule has 0 aliphatic heterocycles. The second-order valence-corrected chi connectivity index (χ2v) is 7.57. The van der Waals surface area contributed by atoms with Crippen LogP contribution >= 0.6 is 24.0 Å². The molecule has 1 rings (SSSR count). The van der Waals surface area contributed by atoms with Crippen LogP contribution in [0.2, 0.25) is 0 Å². The number of benzene rings is 1. The molecule has 0 heterocycles. The molecule has 1 aromatic carbocycles. The van der Waals surface area contributed by atoms with Crippen LogP contribution in [0.5, 0.6) is 0 Å². The molecule has 0 saturated carbocycles. The van der Waals surface area contributed by atoms with E-state index in [9.17, 15) is 8.42 Å². The summed E-state index contributed by atoms with van der Waals surface area (Å²) >= 11 is 0. The van der Waals surface area contributed by atoms with E-state index in [1.54, 1.807) is 24.3 Å². The van der Waals surface area contributed by atoms with Crippen LogP contribution < -0.4 is 15.4 Å². The van der Waals surface area contributed by atoms with Crippen LogP contribution in [0, 0.1) is 6.92 Å². The van der Waals surface area contributed by atoms with Gasteiger partial charge in [0.15, 0.2) is 5.96 Å². The minimum absolute atomic E-state index is 0. The third-order valence-electron chi connectivity index (χ3n) is 3.56. The molecule has 3 N–H and O–H groups in total. The average molecular weight is 512 g/mol. The van der Waals surface area contributed by atoms with Gasteiger partial charge in [-0.3, -0.25) is 4.99 Å². The normalized spacial score (nSPS) is 11.7. The van der Waals surface area contributed by atoms with Crippen LogP contribution in [0.15, 0.2) is 34.2 Å². The largest absolute Gasteiger partial charge is 0.382 e. The minimum atomic E-state index is -3.48. The fraction of sp³-hybridized carbons (Fsp3) is 0.611. The van der Waals surface area contributed by atoms with Gasteiger partial charge >= 0.3 is 0 Å². The summed E-state index contributed by atoms with van der Waals surface area (Å²) in [6.45, 7) is 9.60. The highest BCUT2D eigenvalue weighted by Crippen LogP contribution is 2.09. The van der Waals surface area contributed by atoms with Gasteiger partial charge in [-0.15, -0.1) is 24.0 Å². The van der Waals surface area contributed by atoms with Crippen molar-refractivity contribution in [1.82, 2.24) is 15.4 Å². The molecule has 7 nitrogen and oxygen atoms in total. The number of hydrogen-bond acceptors (Lipinski definition) is 4. The summed E-state index contributed by atoms with van der Waals surface area (Å²) in [5, 5.41) is 6.29. The zero-order chi connectivity index (χ0) is 19.3. The summed E-state index contributed by atoms with van der Waals surface area (Å²) in [6, 6.07) is 6.79. The molecule has 156 valence electrons. The minimum Gasteiger partial charge on any atom is -0.382 e. The molecule has 0 atom stereocenters. The number of aliphatic imine (C=N–C) groups is 1. The van der Waals surface area contributed by atoms with Crippen LogP contribution in [0.1, 0.15) is 32.3 Å². The summed E-state index contributed by atoms with van der Waals surface area (Å²) in [5.41, 5.74) is 1.03. The lowest BCUT2D eigenvalue weighted by atomic mass is 10.2. The van der Waals surface area contributed by atoms with E-state index in [-0.39, 0.29) is 35.4 Å². The van der Waals surface area contributed by atoms with Gasteiger partial charge in [0.2, 0.25) is 10.0 Å². The van der Waals surface area contributed by atoms with Crippen LogP contribution in [0.4, 0.5) is 0 Å². The predicted octanol–water partition coefficient (Wildman–Crippen LogP) is 2.26. The summed E-state index contributed by atoms with van der Waals surface area (Å²) in [6.07, 6.45) is 1.93. The summed E-state index contributed by atoms with van der Waals surface area (Å²) in [4.78, 5) is 4.75. The molecule has 0 amide bonds. The fourth-order valence-corrected chi connectivity index (χ4v) is 3.19. The first kappa shape index (κ1) is 26.1. The van der Waals surface area contributed by atoms with E-state index >= 15 is 0 Å². The number of guanidine groups is 1. The van der Waals surface area contributed by atoms with E-state index in [1.165, 1.54) is 0 Å². The van der Waals surface area contributed by atoms with Crippen molar-refractivity contribution in [2.75, 3.05) is 39.4 Å². The molecule has 9 heteroatoms. The second kappa shape index (κ2) is 15.1. The lowest BCUT2D eigenvalue weighted by molar-refractivity contribution is 0.144. The number of ether oxygens (including phenoxy) is 1. The monoisotopic (exact) mass is 512 g/mol. The Morgan fingerprint density at radius 3 is 2.41 bits per heavy atom. The van der Waals surface area contributed by atoms with Gasteiger partial charge in [0.05, 0.1) is 4.90 Å². The van der Waals surface area contributed by atoms with E-state index in [1.807, 2.05) is 20.8 Å². The van der Waals surface area contributed by atoms with Crippen molar-refractivity contribution < 1.29 is 13.2 Å². The summed E-state index contributed by atoms with van der Waals surface area (Å²) in [7, 11) is -3.48. The highest BCUT2D eigenvalue weighted by Gasteiger charge is 2.12. The topological polar surface area (TPSA) is 91.8 Å². The van der Waals surface area contributed by atoms with Crippen molar-refractivity contribution in [2.45, 2.75) is 38.5 Å². The number of unbranched alkanes of at least 4 members (excludes halogenated alkanes) is 1. The molecule has 0 spiro atoms. The van der Waals surface area contributed by atoms with Gasteiger partial charge in [-0.05, 0) is 45.7 Å². The first-order valence-corrected chi connectivity index (χ1v) is 10.6. The van der Waals surface area contributed by atoms with Gasteiger partial charge in [0.25, 0.3) is 0 Å². The number of halogens is 1. The maximum Gasteiger partial charge on any atom is 0.240 e. The second-order valence-electron chi connectivity index (χ2n) is 5.80. The van der Waals surface area contributed by atoms with Crippen molar-refractivity contribution in [1.29, 1.82) is 0 Å². The third-order valence-corrected chi connectivity index (χ3v) is 5.03. The lowest BCUT2D eigenvalue weighted by Crippen LogP contribution is -2.41. The molecular formula is C18H33IN4O3S. The highest BCUT2D eigenvalue weighted by molar-refractivity contribution is 14.0. The van der Waals surface area contributed by atoms with E-state index in [2.05, 4.69) is 20.3 Å². The Kier molecular flexibility index (Phi) is 14.6. The Labute approximate surface area is 180 Å². The molecule has 0 fully saturated rings. The molecular weight excluding hydrogens is 479 g/mol. The van der Waals surface area contributed by atoms with Gasteiger partial charge in [-0.2, -0.15) is 0 Å². The van der Waals surface area contributed by atoms with E-state index in [0.717, 1.165) is 38.2 Å². The van der Waals surface area contributed by atoms with Crippen molar-refractivity contribution in [3.63, 3.8) is 0 Å². The molecule has 27 heavy (non-hydrogen) atoms. The number of sulfonamides is 1. The quantitative estimate of drug-likeness (QED) is 0.173. The zero-order valence-corrected chi connectivity index (χ0v) is 19.6. The summed E-state index contributed by atoms with van der Waals surface area (Å²) < 4.78 is 32.3. The standard InChI is InChI=1S/C18H32N4O3S.HI/c1-4-19-18(20-12-6-7-15-25-5-2)21-13-14-22-26(23,24)17-10-8-16(3)9-11-17;/h8-11,22H,4-7,12-15H2,1-3H3,(H2,19,20,21);1H. The molecule has 0 aliphatic rings. The Morgan fingerprint density at radius 1 is 1.07 bits per heavy atom. The maximum absolute atomic E-state index is 12.2. The Morgan fingerprint density at radius 2 is 1.78 bits per heavy atom. The van der Waals surface area contributed by atoms with Crippen molar-refractivity contribution >= 4 is 40.0 Å². The van der Waals surface area contributed by atoms with Gasteiger partial charge in [0.1, 0.15) is 0 Å². The van der Waals surface area contributed by atoms with Crippen molar-refractivity contribution in [3.05, 3.63) is 29.8 Å². The fourth-order valence-electron chi connectivity index (χ4n) is 2.16. The molecule has 0 unspecified atom stereocenters. The molecule has 1 aromatic rings. The molecule has 0 radical (unpaired) electrons. The van der Waals surface area contributed by atoms with Gasteiger partial charge < -0.3 is 15.4 Å². The average Bonchev–Trinajstić information content (AvgIpc) is 2.62. The Hall–Kier alpha value is -0.910. The van der Waals surface area contributed by atoms with Crippen LogP contribution in [-0.4, -0.2) is 53.8 Å². The van der Waals surface area contributed by atoms with Gasteiger partial charge in [-0.25, -0.2) is 13.1 Å². The number of nitrogens with zero attached hydrogens (tertiary/aromatic N) is 1. The molecule has 0 bridgehead atoms. The van der Waals surface area contributed by atoms with Gasteiger partial charge in [0, 0.05) is 39.4 Å². The van der Waals surface area contributed by atoms with Crippen molar-refractivity contribution in [3.8, 4) is 0 Å². The molecule has 0 saturated heterocycles. The van der Waals surface area contributed by atoms with Crippen LogP contribution in [-0.2, 0) is 14.8 Å².